The number of nitrogens with one attached hydrogen (secondary N) is 1. The first-order valence-electron chi connectivity index (χ1n) is 8.11. The zero-order chi connectivity index (χ0) is 19.7. The highest BCUT2D eigenvalue weighted by Gasteiger charge is 2.20. The first-order chi connectivity index (χ1) is 12.7. The fourth-order valence-electron chi connectivity index (χ4n) is 2.64. The van der Waals surface area contributed by atoms with Gasteiger partial charge in [-0.1, -0.05) is 22.0 Å². The van der Waals surface area contributed by atoms with E-state index in [9.17, 15) is 16.8 Å². The van der Waals surface area contributed by atoms with Crippen molar-refractivity contribution in [2.24, 2.45) is 4.40 Å². The van der Waals surface area contributed by atoms with E-state index in [2.05, 4.69) is 25.0 Å². The van der Waals surface area contributed by atoms with E-state index in [-0.39, 0.29) is 15.5 Å². The maximum atomic E-state index is 12.4. The van der Waals surface area contributed by atoms with Crippen molar-refractivity contribution in [3.63, 3.8) is 0 Å². The molecule has 0 atom stereocenters. The number of benzene rings is 2. The van der Waals surface area contributed by atoms with Crippen LogP contribution in [0.5, 0.6) is 0 Å². The lowest BCUT2D eigenvalue weighted by molar-refractivity contribution is 0.548. The molecule has 0 radical (unpaired) electrons. The number of hydrogen-bond acceptors (Lipinski definition) is 4. The summed E-state index contributed by atoms with van der Waals surface area (Å²) in [5.41, 5.74) is 0.263. The third-order valence-electron chi connectivity index (χ3n) is 4.07. The van der Waals surface area contributed by atoms with Crippen molar-refractivity contribution in [1.82, 2.24) is 4.90 Å². The Kier molecular flexibility index (Phi) is 5.59. The summed E-state index contributed by atoms with van der Waals surface area (Å²) in [6.07, 6.45) is 1.50. The van der Waals surface area contributed by atoms with Crippen LogP contribution in [0.1, 0.15) is 12.8 Å². The van der Waals surface area contributed by atoms with Gasteiger partial charge in [0.2, 0.25) is 0 Å². The second-order valence-corrected chi connectivity index (χ2v) is 10.3. The first-order valence-corrected chi connectivity index (χ1v) is 11.8. The number of halogens is 1. The summed E-state index contributed by atoms with van der Waals surface area (Å²) in [6.45, 7) is 0.782. The Morgan fingerprint density at radius 1 is 1.04 bits per heavy atom. The number of amidine groups is 1. The summed E-state index contributed by atoms with van der Waals surface area (Å²) in [7, 11) is -5.80. The average Bonchev–Trinajstić information content (AvgIpc) is 2.99. The normalized spacial score (nSPS) is 16.7. The van der Waals surface area contributed by atoms with E-state index in [1.807, 2.05) is 4.90 Å². The van der Waals surface area contributed by atoms with Crippen LogP contribution < -0.4 is 4.72 Å². The Labute approximate surface area is 167 Å². The van der Waals surface area contributed by atoms with Gasteiger partial charge in [0.25, 0.3) is 20.0 Å². The molecule has 1 aliphatic heterocycles. The van der Waals surface area contributed by atoms with Crippen molar-refractivity contribution in [3.8, 4) is 0 Å². The molecule has 1 aliphatic rings. The van der Waals surface area contributed by atoms with E-state index in [1.54, 1.807) is 19.2 Å². The summed E-state index contributed by atoms with van der Waals surface area (Å²) in [5, 5.41) is 0. The summed E-state index contributed by atoms with van der Waals surface area (Å²) in [5.74, 6) is 0.537. The third-order valence-corrected chi connectivity index (χ3v) is 7.26. The minimum atomic E-state index is -3.83. The molecule has 0 saturated carbocycles. The Morgan fingerprint density at radius 2 is 1.74 bits per heavy atom. The Bertz CT molecular complexity index is 1080. The third kappa shape index (κ3) is 4.69. The van der Waals surface area contributed by atoms with Crippen LogP contribution in [0.25, 0.3) is 0 Å². The van der Waals surface area contributed by atoms with E-state index in [1.165, 1.54) is 36.4 Å². The van der Waals surface area contributed by atoms with Gasteiger partial charge < -0.3 is 4.90 Å². The monoisotopic (exact) mass is 471 g/mol. The number of likely N-dealkylation sites (tertiary alicyclic amines) is 1. The number of nitrogens with zero attached hydrogens (tertiary/aromatic N) is 2. The van der Waals surface area contributed by atoms with Gasteiger partial charge in [-0.3, -0.25) is 4.72 Å². The van der Waals surface area contributed by atoms with Crippen molar-refractivity contribution < 1.29 is 16.8 Å². The van der Waals surface area contributed by atoms with E-state index in [4.69, 9.17) is 0 Å². The van der Waals surface area contributed by atoms with Gasteiger partial charge in [-0.2, -0.15) is 8.42 Å². The molecule has 2 aromatic carbocycles. The number of sulfonamides is 2. The van der Waals surface area contributed by atoms with Crippen LogP contribution in [0, 0.1) is 0 Å². The van der Waals surface area contributed by atoms with Gasteiger partial charge in [0, 0.05) is 30.2 Å². The van der Waals surface area contributed by atoms with Crippen LogP contribution in [0.2, 0.25) is 0 Å². The van der Waals surface area contributed by atoms with Gasteiger partial charge >= 0.3 is 0 Å². The molecule has 2 aromatic rings. The maximum absolute atomic E-state index is 12.4. The van der Waals surface area contributed by atoms with Gasteiger partial charge in [0.15, 0.2) is 0 Å². The van der Waals surface area contributed by atoms with E-state index in [0.29, 0.717) is 16.7 Å². The van der Waals surface area contributed by atoms with Crippen molar-refractivity contribution >= 4 is 47.5 Å². The van der Waals surface area contributed by atoms with Crippen molar-refractivity contribution in [3.05, 3.63) is 53.0 Å². The zero-order valence-electron chi connectivity index (χ0n) is 14.5. The minimum absolute atomic E-state index is 0.0145. The molecule has 0 bridgehead atoms. The number of hydrogen-bond donors (Lipinski definition) is 1. The van der Waals surface area contributed by atoms with E-state index in [0.717, 1.165) is 13.0 Å². The molecule has 0 unspecified atom stereocenters. The summed E-state index contributed by atoms with van der Waals surface area (Å²) >= 11 is 3.24. The molecule has 1 heterocycles. The standard InChI is InChI=1S/C17H18BrN3O4S2/c1-21-11-3-6-17(21)20-26(22,23)15-9-7-14(8-10-15)19-27(24,25)16-5-2-4-13(18)12-16/h2,4-5,7-10,12,19H,3,6,11H2,1H3/b20-17-. The van der Waals surface area contributed by atoms with Gasteiger partial charge in [-0.15, -0.1) is 4.40 Å². The lowest BCUT2D eigenvalue weighted by Crippen LogP contribution is -2.20. The molecular weight excluding hydrogens is 454 g/mol. The molecule has 3 rings (SSSR count). The molecule has 1 saturated heterocycles. The highest BCUT2D eigenvalue weighted by atomic mass is 79.9. The van der Waals surface area contributed by atoms with Crippen molar-refractivity contribution in [2.45, 2.75) is 22.6 Å². The lowest BCUT2D eigenvalue weighted by Gasteiger charge is -2.11. The Hall–Kier alpha value is -1.91. The zero-order valence-corrected chi connectivity index (χ0v) is 17.7. The predicted molar refractivity (Wildman–Crippen MR) is 108 cm³/mol. The number of anilines is 1. The molecule has 27 heavy (non-hydrogen) atoms. The summed E-state index contributed by atoms with van der Waals surface area (Å²) < 4.78 is 56.7. The summed E-state index contributed by atoms with van der Waals surface area (Å²) in [4.78, 5) is 1.93. The quantitative estimate of drug-likeness (QED) is 0.722. The predicted octanol–water partition coefficient (Wildman–Crippen LogP) is 3.06. The Balaban J connectivity index is 1.81. The molecule has 1 fully saturated rings. The van der Waals surface area contributed by atoms with Crippen LogP contribution in [0.4, 0.5) is 5.69 Å². The van der Waals surface area contributed by atoms with Gasteiger partial charge in [0.1, 0.15) is 5.84 Å². The molecule has 0 aliphatic carbocycles. The van der Waals surface area contributed by atoms with Crippen LogP contribution in [0.15, 0.2) is 67.2 Å². The molecule has 0 amide bonds. The van der Waals surface area contributed by atoms with Crippen LogP contribution in [0.3, 0.4) is 0 Å². The lowest BCUT2D eigenvalue weighted by atomic mass is 10.3. The Morgan fingerprint density at radius 3 is 2.33 bits per heavy atom. The molecule has 10 heteroatoms. The minimum Gasteiger partial charge on any atom is -0.362 e. The van der Waals surface area contributed by atoms with Gasteiger partial charge in [-0.05, 0) is 48.9 Å². The van der Waals surface area contributed by atoms with Crippen LogP contribution in [-0.4, -0.2) is 41.2 Å². The van der Waals surface area contributed by atoms with Gasteiger partial charge in [-0.25, -0.2) is 8.42 Å². The fourth-order valence-corrected chi connectivity index (χ4v) is 5.39. The van der Waals surface area contributed by atoms with Crippen molar-refractivity contribution in [1.29, 1.82) is 0 Å². The molecule has 1 N–H and O–H groups in total. The molecular formula is C17H18BrN3O4S2. The molecule has 0 aromatic heterocycles. The SMILES string of the molecule is CN1CCC/C1=N/S(=O)(=O)c1ccc(NS(=O)(=O)c2cccc(Br)c2)cc1. The first kappa shape index (κ1) is 19.8. The number of rotatable bonds is 5. The highest BCUT2D eigenvalue weighted by Crippen LogP contribution is 2.22. The topological polar surface area (TPSA) is 95.9 Å². The molecule has 0 spiro atoms. The van der Waals surface area contributed by atoms with E-state index >= 15 is 0 Å². The van der Waals surface area contributed by atoms with E-state index < -0.39 is 20.0 Å². The van der Waals surface area contributed by atoms with Crippen LogP contribution in [-0.2, 0) is 20.0 Å². The van der Waals surface area contributed by atoms with Crippen LogP contribution >= 0.6 is 15.9 Å². The smallest absolute Gasteiger partial charge is 0.283 e. The average molecular weight is 472 g/mol. The largest absolute Gasteiger partial charge is 0.362 e. The van der Waals surface area contributed by atoms with Crippen molar-refractivity contribution in [2.75, 3.05) is 18.3 Å². The molecule has 144 valence electrons. The fraction of sp³-hybridized carbons (Fsp3) is 0.235. The summed E-state index contributed by atoms with van der Waals surface area (Å²) in [6, 6.07) is 11.8. The second kappa shape index (κ2) is 7.61. The molecule has 7 nitrogen and oxygen atoms in total. The second-order valence-electron chi connectivity index (χ2n) is 6.09. The maximum Gasteiger partial charge on any atom is 0.283 e. The highest BCUT2D eigenvalue weighted by molar-refractivity contribution is 9.10. The van der Waals surface area contributed by atoms with Gasteiger partial charge in [0.05, 0.1) is 9.79 Å².